The van der Waals surface area contributed by atoms with Crippen LogP contribution >= 0.6 is 0 Å². The van der Waals surface area contributed by atoms with Crippen molar-refractivity contribution in [3.8, 4) is 0 Å². The first-order valence-electron chi connectivity index (χ1n) is 8.95. The van der Waals surface area contributed by atoms with Gasteiger partial charge < -0.3 is 10.4 Å². The Morgan fingerprint density at radius 2 is 1.73 bits per heavy atom. The number of aliphatic carboxylic acids is 1. The van der Waals surface area contributed by atoms with Crippen molar-refractivity contribution < 1.29 is 14.7 Å². The Balaban J connectivity index is 1.64. The van der Waals surface area contributed by atoms with Gasteiger partial charge in [-0.3, -0.25) is 14.5 Å². The Morgan fingerprint density at radius 1 is 1.08 bits per heavy atom. The van der Waals surface area contributed by atoms with Crippen LogP contribution in [0.1, 0.15) is 23.6 Å². The summed E-state index contributed by atoms with van der Waals surface area (Å²) in [5, 5.41) is 12.2. The molecule has 5 heteroatoms. The molecular formula is C21H24N2O3. The SMILES string of the molecule is O=C(CN1CCC(C(=O)O)C1)NC(Cc1ccccc1)c1ccccc1. The van der Waals surface area contributed by atoms with Crippen molar-refractivity contribution in [2.45, 2.75) is 18.9 Å². The lowest BCUT2D eigenvalue weighted by molar-refractivity contribution is -0.141. The van der Waals surface area contributed by atoms with Gasteiger partial charge in [0.1, 0.15) is 0 Å². The number of amides is 1. The fraction of sp³-hybridized carbons (Fsp3) is 0.333. The Labute approximate surface area is 153 Å². The van der Waals surface area contributed by atoms with Gasteiger partial charge in [0.05, 0.1) is 18.5 Å². The molecule has 1 amide bonds. The van der Waals surface area contributed by atoms with E-state index in [1.165, 1.54) is 0 Å². The zero-order valence-corrected chi connectivity index (χ0v) is 14.7. The number of benzene rings is 2. The van der Waals surface area contributed by atoms with E-state index in [2.05, 4.69) is 17.4 Å². The molecule has 2 aromatic rings. The number of nitrogens with zero attached hydrogens (tertiary/aromatic N) is 1. The second kappa shape index (κ2) is 8.63. The fourth-order valence-corrected chi connectivity index (χ4v) is 3.41. The highest BCUT2D eigenvalue weighted by Gasteiger charge is 2.29. The molecule has 1 fully saturated rings. The standard InChI is InChI=1S/C21H24N2O3/c24-20(15-23-12-11-18(14-23)21(25)26)22-19(17-9-5-2-6-10-17)13-16-7-3-1-4-8-16/h1-10,18-19H,11-15H2,(H,22,24)(H,25,26). The largest absolute Gasteiger partial charge is 0.481 e. The van der Waals surface area contributed by atoms with Crippen molar-refractivity contribution in [1.29, 1.82) is 0 Å². The maximum atomic E-state index is 12.5. The summed E-state index contributed by atoms with van der Waals surface area (Å²) in [7, 11) is 0. The number of carbonyl (C=O) groups is 2. The van der Waals surface area contributed by atoms with Gasteiger partial charge in [-0.1, -0.05) is 60.7 Å². The predicted octanol–water partition coefficient (Wildman–Crippen LogP) is 2.49. The molecule has 1 saturated heterocycles. The van der Waals surface area contributed by atoms with E-state index in [1.54, 1.807) is 0 Å². The molecule has 2 unspecified atom stereocenters. The van der Waals surface area contributed by atoms with E-state index in [9.17, 15) is 9.59 Å². The second-order valence-electron chi connectivity index (χ2n) is 6.78. The molecule has 0 bridgehead atoms. The molecule has 5 nitrogen and oxygen atoms in total. The first kappa shape index (κ1) is 18.1. The molecule has 3 rings (SSSR count). The van der Waals surface area contributed by atoms with Crippen LogP contribution in [0.25, 0.3) is 0 Å². The average Bonchev–Trinajstić information content (AvgIpc) is 3.11. The van der Waals surface area contributed by atoms with Gasteiger partial charge in [-0.25, -0.2) is 0 Å². The van der Waals surface area contributed by atoms with Crippen molar-refractivity contribution in [3.05, 3.63) is 71.8 Å². The van der Waals surface area contributed by atoms with Crippen LogP contribution in [0.4, 0.5) is 0 Å². The number of carboxylic acids is 1. The summed E-state index contributed by atoms with van der Waals surface area (Å²) in [6.45, 7) is 1.33. The minimum absolute atomic E-state index is 0.0687. The Bertz CT molecular complexity index is 733. The highest BCUT2D eigenvalue weighted by atomic mass is 16.4. The number of rotatable bonds is 7. The van der Waals surface area contributed by atoms with Gasteiger partial charge in [-0.2, -0.15) is 0 Å². The van der Waals surface area contributed by atoms with Gasteiger partial charge in [0, 0.05) is 6.54 Å². The first-order valence-corrected chi connectivity index (χ1v) is 8.95. The lowest BCUT2D eigenvalue weighted by atomic mass is 9.99. The van der Waals surface area contributed by atoms with Crippen molar-refractivity contribution in [1.82, 2.24) is 10.2 Å². The smallest absolute Gasteiger partial charge is 0.307 e. The fourth-order valence-electron chi connectivity index (χ4n) is 3.41. The van der Waals surface area contributed by atoms with E-state index in [0.717, 1.165) is 11.1 Å². The molecule has 2 atom stereocenters. The van der Waals surface area contributed by atoms with Crippen LogP contribution < -0.4 is 5.32 Å². The normalized spacial score (nSPS) is 18.4. The summed E-state index contributed by atoms with van der Waals surface area (Å²) >= 11 is 0. The molecule has 0 aromatic heterocycles. The summed E-state index contributed by atoms with van der Waals surface area (Å²) in [4.78, 5) is 25.5. The third kappa shape index (κ3) is 4.92. The number of hydrogen-bond donors (Lipinski definition) is 2. The van der Waals surface area contributed by atoms with Crippen molar-refractivity contribution in [2.75, 3.05) is 19.6 Å². The van der Waals surface area contributed by atoms with Gasteiger partial charge in [-0.05, 0) is 30.5 Å². The second-order valence-corrected chi connectivity index (χ2v) is 6.78. The quantitative estimate of drug-likeness (QED) is 0.803. The number of nitrogens with one attached hydrogen (secondary N) is 1. The molecule has 2 N–H and O–H groups in total. The Kier molecular flexibility index (Phi) is 6.02. The molecule has 1 aliphatic rings. The van der Waals surface area contributed by atoms with Crippen LogP contribution in [0.3, 0.4) is 0 Å². The summed E-state index contributed by atoms with van der Waals surface area (Å²) in [6, 6.07) is 19.9. The van der Waals surface area contributed by atoms with Crippen molar-refractivity contribution >= 4 is 11.9 Å². The predicted molar refractivity (Wildman–Crippen MR) is 99.7 cm³/mol. The maximum absolute atomic E-state index is 12.5. The minimum Gasteiger partial charge on any atom is -0.481 e. The van der Waals surface area contributed by atoms with Crippen molar-refractivity contribution in [3.63, 3.8) is 0 Å². The summed E-state index contributed by atoms with van der Waals surface area (Å²) in [6.07, 6.45) is 1.32. The van der Waals surface area contributed by atoms with Crippen LogP contribution in [-0.4, -0.2) is 41.5 Å². The molecule has 26 heavy (non-hydrogen) atoms. The minimum atomic E-state index is -0.779. The van der Waals surface area contributed by atoms with E-state index >= 15 is 0 Å². The van der Waals surface area contributed by atoms with Gasteiger partial charge in [0.25, 0.3) is 0 Å². The van der Waals surface area contributed by atoms with Gasteiger partial charge in [0.2, 0.25) is 5.91 Å². The van der Waals surface area contributed by atoms with Crippen LogP contribution in [0, 0.1) is 5.92 Å². The highest BCUT2D eigenvalue weighted by molar-refractivity contribution is 5.79. The maximum Gasteiger partial charge on any atom is 0.307 e. The third-order valence-electron chi connectivity index (χ3n) is 4.81. The van der Waals surface area contributed by atoms with Gasteiger partial charge >= 0.3 is 5.97 Å². The van der Waals surface area contributed by atoms with E-state index < -0.39 is 5.97 Å². The Morgan fingerprint density at radius 3 is 2.35 bits per heavy atom. The summed E-state index contributed by atoms with van der Waals surface area (Å²) < 4.78 is 0. The lowest BCUT2D eigenvalue weighted by Gasteiger charge is -2.22. The molecule has 1 heterocycles. The van der Waals surface area contributed by atoms with Crippen LogP contribution in [0.15, 0.2) is 60.7 Å². The summed E-state index contributed by atoms with van der Waals surface area (Å²) in [5.41, 5.74) is 2.23. The monoisotopic (exact) mass is 352 g/mol. The van der Waals surface area contributed by atoms with Crippen LogP contribution in [0.2, 0.25) is 0 Å². The number of likely N-dealkylation sites (tertiary alicyclic amines) is 1. The van der Waals surface area contributed by atoms with Gasteiger partial charge in [-0.15, -0.1) is 0 Å². The third-order valence-corrected chi connectivity index (χ3v) is 4.81. The van der Waals surface area contributed by atoms with Gasteiger partial charge in [0.15, 0.2) is 0 Å². The topological polar surface area (TPSA) is 69.6 Å². The number of hydrogen-bond acceptors (Lipinski definition) is 3. The molecule has 0 aliphatic carbocycles. The number of carboxylic acid groups (broad SMARTS) is 1. The zero-order valence-electron chi connectivity index (χ0n) is 14.7. The molecule has 0 radical (unpaired) electrons. The van der Waals surface area contributed by atoms with Crippen molar-refractivity contribution in [2.24, 2.45) is 5.92 Å². The molecule has 0 spiro atoms. The summed E-state index contributed by atoms with van der Waals surface area (Å²) in [5.74, 6) is -1.21. The molecular weight excluding hydrogens is 328 g/mol. The average molecular weight is 352 g/mol. The van der Waals surface area contributed by atoms with E-state index in [1.807, 2.05) is 53.4 Å². The zero-order chi connectivity index (χ0) is 18.4. The molecule has 136 valence electrons. The molecule has 2 aromatic carbocycles. The van der Waals surface area contributed by atoms with Crippen LogP contribution in [0.5, 0.6) is 0 Å². The van der Waals surface area contributed by atoms with E-state index in [-0.39, 0.29) is 24.4 Å². The highest BCUT2D eigenvalue weighted by Crippen LogP contribution is 2.19. The molecule has 0 saturated carbocycles. The van der Waals surface area contributed by atoms with E-state index in [0.29, 0.717) is 25.9 Å². The molecule has 1 aliphatic heterocycles. The number of carbonyl (C=O) groups excluding carboxylic acids is 1. The lowest BCUT2D eigenvalue weighted by Crippen LogP contribution is -2.39. The van der Waals surface area contributed by atoms with Crippen LogP contribution in [-0.2, 0) is 16.0 Å². The Hall–Kier alpha value is -2.66. The first-order chi connectivity index (χ1) is 12.6. The van der Waals surface area contributed by atoms with E-state index in [4.69, 9.17) is 5.11 Å².